The van der Waals surface area contributed by atoms with Gasteiger partial charge in [-0.25, -0.2) is 0 Å². The SMILES string of the molecule is NCCCCc1c(-c2cc(Br)ccc2Cl)[nH]c2c(Cl)ccc(Cl)c12. The largest absolute Gasteiger partial charge is 0.353 e. The molecule has 3 rings (SSSR count). The summed E-state index contributed by atoms with van der Waals surface area (Å²) in [4.78, 5) is 3.43. The second kappa shape index (κ2) is 7.67. The van der Waals surface area contributed by atoms with Crippen LogP contribution in [0.25, 0.3) is 22.2 Å². The zero-order valence-electron chi connectivity index (χ0n) is 12.8. The highest BCUT2D eigenvalue weighted by Gasteiger charge is 2.19. The summed E-state index contributed by atoms with van der Waals surface area (Å²) < 4.78 is 0.964. The van der Waals surface area contributed by atoms with Crippen molar-refractivity contribution in [3.8, 4) is 11.3 Å². The molecule has 2 aromatic carbocycles. The Morgan fingerprint density at radius 1 is 0.958 bits per heavy atom. The van der Waals surface area contributed by atoms with E-state index >= 15 is 0 Å². The van der Waals surface area contributed by atoms with Crippen LogP contribution in [0.2, 0.25) is 15.1 Å². The zero-order valence-corrected chi connectivity index (χ0v) is 16.7. The van der Waals surface area contributed by atoms with E-state index in [-0.39, 0.29) is 0 Å². The minimum Gasteiger partial charge on any atom is -0.353 e. The number of nitrogens with one attached hydrogen (secondary N) is 1. The highest BCUT2D eigenvalue weighted by Crippen LogP contribution is 2.41. The molecular formula is C18H16BrCl3N2. The van der Waals surface area contributed by atoms with Crippen molar-refractivity contribution in [3.05, 3.63) is 55.4 Å². The summed E-state index contributed by atoms with van der Waals surface area (Å²) in [6.45, 7) is 0.670. The smallest absolute Gasteiger partial charge is 0.0666 e. The van der Waals surface area contributed by atoms with Gasteiger partial charge >= 0.3 is 0 Å². The molecule has 24 heavy (non-hydrogen) atoms. The highest BCUT2D eigenvalue weighted by atomic mass is 79.9. The number of fused-ring (bicyclic) bond motifs is 1. The van der Waals surface area contributed by atoms with Gasteiger partial charge in [-0.05, 0) is 61.7 Å². The lowest BCUT2D eigenvalue weighted by molar-refractivity contribution is 0.748. The summed E-state index contributed by atoms with van der Waals surface area (Å²) in [6.07, 6.45) is 2.79. The molecule has 0 saturated heterocycles. The molecule has 0 atom stereocenters. The minimum atomic E-state index is 0.645. The molecule has 0 aliphatic rings. The van der Waals surface area contributed by atoms with Crippen molar-refractivity contribution in [1.29, 1.82) is 0 Å². The third kappa shape index (κ3) is 3.47. The molecule has 0 aliphatic heterocycles. The number of aromatic amines is 1. The predicted octanol–water partition coefficient (Wildman–Crippen LogP) is 6.84. The molecule has 0 aliphatic carbocycles. The second-order valence-corrected chi connectivity index (χ2v) is 7.76. The minimum absolute atomic E-state index is 0.645. The van der Waals surface area contributed by atoms with Crippen LogP contribution >= 0.6 is 50.7 Å². The maximum Gasteiger partial charge on any atom is 0.0666 e. The van der Waals surface area contributed by atoms with Gasteiger partial charge in [0.1, 0.15) is 0 Å². The summed E-state index contributed by atoms with van der Waals surface area (Å²) in [5, 5.41) is 2.97. The van der Waals surface area contributed by atoms with Crippen LogP contribution in [0.1, 0.15) is 18.4 Å². The molecule has 1 aromatic heterocycles. The van der Waals surface area contributed by atoms with Crippen LogP contribution in [0, 0.1) is 0 Å². The van der Waals surface area contributed by atoms with Gasteiger partial charge in [0.2, 0.25) is 0 Å². The van der Waals surface area contributed by atoms with Gasteiger partial charge in [0.25, 0.3) is 0 Å². The fourth-order valence-electron chi connectivity index (χ4n) is 2.91. The molecule has 0 bridgehead atoms. The Morgan fingerprint density at radius 2 is 1.67 bits per heavy atom. The first-order valence-corrected chi connectivity index (χ1v) is 9.59. The van der Waals surface area contributed by atoms with E-state index in [9.17, 15) is 0 Å². The van der Waals surface area contributed by atoms with Crippen molar-refractivity contribution in [2.24, 2.45) is 5.73 Å². The molecule has 0 saturated carbocycles. The summed E-state index contributed by atoms with van der Waals surface area (Å²) in [7, 11) is 0. The maximum absolute atomic E-state index is 6.47. The van der Waals surface area contributed by atoms with Crippen LogP contribution in [0.3, 0.4) is 0 Å². The van der Waals surface area contributed by atoms with Gasteiger partial charge in [-0.3, -0.25) is 0 Å². The van der Waals surface area contributed by atoms with Gasteiger partial charge in [-0.15, -0.1) is 0 Å². The summed E-state index contributed by atoms with van der Waals surface area (Å²) >= 11 is 22.8. The molecule has 0 spiro atoms. The van der Waals surface area contributed by atoms with Gasteiger partial charge in [-0.2, -0.15) is 0 Å². The molecular weight excluding hydrogens is 430 g/mol. The number of halogens is 4. The molecule has 3 aromatic rings. The van der Waals surface area contributed by atoms with Gasteiger partial charge < -0.3 is 10.7 Å². The zero-order chi connectivity index (χ0) is 17.3. The quantitative estimate of drug-likeness (QED) is 0.414. The van der Waals surface area contributed by atoms with Crippen molar-refractivity contribution >= 4 is 61.6 Å². The van der Waals surface area contributed by atoms with Crippen LogP contribution in [-0.4, -0.2) is 11.5 Å². The van der Waals surface area contributed by atoms with Crippen molar-refractivity contribution in [2.75, 3.05) is 6.54 Å². The molecule has 1 heterocycles. The number of unbranched alkanes of at least 4 members (excludes halogenated alkanes) is 1. The Kier molecular flexibility index (Phi) is 5.78. The second-order valence-electron chi connectivity index (χ2n) is 5.63. The van der Waals surface area contributed by atoms with Gasteiger partial charge in [0.05, 0.1) is 21.3 Å². The van der Waals surface area contributed by atoms with Crippen LogP contribution in [0.5, 0.6) is 0 Å². The lowest BCUT2D eigenvalue weighted by Gasteiger charge is -2.08. The maximum atomic E-state index is 6.47. The number of benzene rings is 2. The van der Waals surface area contributed by atoms with E-state index in [4.69, 9.17) is 40.5 Å². The molecule has 126 valence electrons. The average molecular weight is 447 g/mol. The van der Waals surface area contributed by atoms with E-state index < -0.39 is 0 Å². The van der Waals surface area contributed by atoms with E-state index in [0.29, 0.717) is 21.6 Å². The highest BCUT2D eigenvalue weighted by molar-refractivity contribution is 9.10. The first-order valence-electron chi connectivity index (χ1n) is 7.67. The fourth-order valence-corrected chi connectivity index (χ4v) is 3.96. The Hall–Kier alpha value is -0.710. The number of hydrogen-bond donors (Lipinski definition) is 2. The van der Waals surface area contributed by atoms with Crippen LogP contribution in [-0.2, 0) is 6.42 Å². The number of aryl methyl sites for hydroxylation is 1. The third-order valence-electron chi connectivity index (χ3n) is 4.04. The summed E-state index contributed by atoms with van der Waals surface area (Å²) in [5.74, 6) is 0. The Balaban J connectivity index is 2.26. The molecule has 3 N–H and O–H groups in total. The monoisotopic (exact) mass is 444 g/mol. The Bertz CT molecular complexity index is 890. The van der Waals surface area contributed by atoms with Gasteiger partial charge in [0.15, 0.2) is 0 Å². The van der Waals surface area contributed by atoms with E-state index in [0.717, 1.165) is 51.5 Å². The van der Waals surface area contributed by atoms with Crippen LogP contribution in [0.15, 0.2) is 34.8 Å². The lowest BCUT2D eigenvalue weighted by atomic mass is 10.00. The predicted molar refractivity (Wildman–Crippen MR) is 108 cm³/mol. The van der Waals surface area contributed by atoms with E-state index in [2.05, 4.69) is 20.9 Å². The number of nitrogens with two attached hydrogens (primary N) is 1. The topological polar surface area (TPSA) is 41.8 Å². The molecule has 0 radical (unpaired) electrons. The number of rotatable bonds is 5. The summed E-state index contributed by atoms with van der Waals surface area (Å²) in [6, 6.07) is 9.43. The van der Waals surface area contributed by atoms with Gasteiger partial charge in [0, 0.05) is 20.4 Å². The Labute approximate surface area is 164 Å². The molecule has 2 nitrogen and oxygen atoms in total. The van der Waals surface area contributed by atoms with E-state index in [1.54, 1.807) is 6.07 Å². The number of hydrogen-bond acceptors (Lipinski definition) is 1. The van der Waals surface area contributed by atoms with Crippen molar-refractivity contribution in [2.45, 2.75) is 19.3 Å². The average Bonchev–Trinajstić information content (AvgIpc) is 2.94. The summed E-state index contributed by atoms with van der Waals surface area (Å²) in [5.41, 5.74) is 9.51. The first-order chi connectivity index (χ1) is 11.5. The van der Waals surface area contributed by atoms with Crippen LogP contribution < -0.4 is 5.73 Å². The van der Waals surface area contributed by atoms with Gasteiger partial charge in [-0.1, -0.05) is 50.7 Å². The first kappa shape index (κ1) is 18.1. The molecule has 0 unspecified atom stereocenters. The number of aromatic nitrogens is 1. The van der Waals surface area contributed by atoms with Crippen molar-refractivity contribution in [3.63, 3.8) is 0 Å². The van der Waals surface area contributed by atoms with E-state index in [1.807, 2.05) is 24.3 Å². The Morgan fingerprint density at radius 3 is 2.42 bits per heavy atom. The normalized spacial score (nSPS) is 11.4. The molecule has 6 heteroatoms. The molecule has 0 amide bonds. The lowest BCUT2D eigenvalue weighted by Crippen LogP contribution is -1.99. The van der Waals surface area contributed by atoms with Crippen molar-refractivity contribution in [1.82, 2.24) is 4.98 Å². The van der Waals surface area contributed by atoms with Crippen LogP contribution in [0.4, 0.5) is 0 Å². The number of H-pyrrole nitrogens is 1. The third-order valence-corrected chi connectivity index (χ3v) is 5.49. The van der Waals surface area contributed by atoms with Crippen molar-refractivity contribution < 1.29 is 0 Å². The molecule has 0 fully saturated rings. The van der Waals surface area contributed by atoms with E-state index in [1.165, 1.54) is 0 Å². The fraction of sp³-hybridized carbons (Fsp3) is 0.222. The standard InChI is InChI=1S/C18H16BrCl3N2/c19-10-4-5-13(20)12(9-10)17-11(3-1-2-8-23)16-14(21)6-7-15(22)18(16)24-17/h4-7,9,24H,1-3,8,23H2.